The van der Waals surface area contributed by atoms with E-state index in [9.17, 15) is 9.59 Å². The number of nitrogens with one attached hydrogen (secondary N) is 2. The summed E-state index contributed by atoms with van der Waals surface area (Å²) in [5.41, 5.74) is 6.34. The Morgan fingerprint density at radius 3 is 2.09 bits per heavy atom. The molecule has 1 saturated heterocycles. The monoisotopic (exact) mass is 712 g/mol. The first-order valence-electron chi connectivity index (χ1n) is 17.8. The Hall–Kier alpha value is -6.14. The first-order chi connectivity index (χ1) is 25.9. The van der Waals surface area contributed by atoms with Gasteiger partial charge in [0.25, 0.3) is 0 Å². The Kier molecular flexibility index (Phi) is 10.7. The molecule has 53 heavy (non-hydrogen) atoms. The number of methoxy groups -OCH3 is 2. The van der Waals surface area contributed by atoms with Gasteiger partial charge in [0, 0.05) is 86.2 Å². The van der Waals surface area contributed by atoms with E-state index in [1.165, 1.54) is 11.3 Å². The van der Waals surface area contributed by atoms with E-state index in [2.05, 4.69) is 67.9 Å². The standard InChI is InChI=1S/C41H44N8O4/c1-4-38(50)43-32-12-10-30(11-13-32)27-49-39-31(28-48(41(49)51)35-22-36(52-2)24-37(23-35)53-3)25-42-40(45-39)44-33-14-16-34(17-15-33)47-20-18-46(19-21-47)26-29-8-6-5-7-9-29/h5-17,22-25H,4,18-21,26-28H2,1-3H3,(H,43,50)(H,42,44,45). The predicted molar refractivity (Wildman–Crippen MR) is 208 cm³/mol. The lowest BCUT2D eigenvalue weighted by Crippen LogP contribution is -2.47. The maximum Gasteiger partial charge on any atom is 0.330 e. The van der Waals surface area contributed by atoms with Crippen LogP contribution in [0.2, 0.25) is 0 Å². The van der Waals surface area contributed by atoms with Gasteiger partial charge in [0.15, 0.2) is 0 Å². The number of hydrogen-bond donors (Lipinski definition) is 2. The van der Waals surface area contributed by atoms with Crippen molar-refractivity contribution in [2.24, 2.45) is 0 Å². The number of rotatable bonds is 12. The van der Waals surface area contributed by atoms with E-state index in [1.807, 2.05) is 43.3 Å². The third kappa shape index (κ3) is 8.34. The summed E-state index contributed by atoms with van der Waals surface area (Å²) in [6, 6.07) is 31.5. The summed E-state index contributed by atoms with van der Waals surface area (Å²) < 4.78 is 11.0. The van der Waals surface area contributed by atoms with Crippen LogP contribution in [0.25, 0.3) is 0 Å². The van der Waals surface area contributed by atoms with Crippen LogP contribution in [0.1, 0.15) is 30.0 Å². The van der Waals surface area contributed by atoms with E-state index in [4.69, 9.17) is 14.5 Å². The molecular weight excluding hydrogens is 669 g/mol. The number of urea groups is 1. The SMILES string of the molecule is CCC(=O)Nc1ccc(CN2C(=O)N(c3cc(OC)cc(OC)c3)Cc3cnc(Nc4ccc(N5CCN(Cc6ccccc6)CC5)cc4)nc32)cc1. The number of amides is 3. The number of fused-ring (bicyclic) bond motifs is 1. The second-order valence-electron chi connectivity index (χ2n) is 13.1. The van der Waals surface area contributed by atoms with Crippen LogP contribution in [0, 0.1) is 0 Å². The van der Waals surface area contributed by atoms with Crippen LogP contribution in [-0.2, 0) is 24.4 Å². The van der Waals surface area contributed by atoms with Crippen molar-refractivity contribution in [2.45, 2.75) is 33.0 Å². The lowest BCUT2D eigenvalue weighted by atomic mass is 10.1. The van der Waals surface area contributed by atoms with Crippen LogP contribution in [-0.4, -0.2) is 67.2 Å². The number of benzene rings is 4. The number of piperazine rings is 1. The topological polar surface area (TPSA) is 115 Å². The molecule has 1 fully saturated rings. The molecule has 2 aliphatic heterocycles. The van der Waals surface area contributed by atoms with Gasteiger partial charge in [-0.2, -0.15) is 4.98 Å². The minimum Gasteiger partial charge on any atom is -0.497 e. The van der Waals surface area contributed by atoms with Crippen molar-refractivity contribution in [2.75, 3.05) is 65.7 Å². The third-order valence-electron chi connectivity index (χ3n) is 9.54. The van der Waals surface area contributed by atoms with E-state index >= 15 is 0 Å². The van der Waals surface area contributed by atoms with E-state index in [0.717, 1.165) is 49.5 Å². The summed E-state index contributed by atoms with van der Waals surface area (Å²) in [6.45, 7) is 7.24. The molecule has 2 N–H and O–H groups in total. The normalized spacial score (nSPS) is 14.5. The van der Waals surface area contributed by atoms with Gasteiger partial charge in [0.2, 0.25) is 11.9 Å². The second-order valence-corrected chi connectivity index (χ2v) is 13.1. The highest BCUT2D eigenvalue weighted by Gasteiger charge is 2.34. The lowest BCUT2D eigenvalue weighted by Gasteiger charge is -2.36. The predicted octanol–water partition coefficient (Wildman–Crippen LogP) is 7.05. The molecule has 0 spiro atoms. The highest BCUT2D eigenvalue weighted by Crippen LogP contribution is 2.36. The van der Waals surface area contributed by atoms with Crippen LogP contribution in [0.4, 0.5) is 39.3 Å². The van der Waals surface area contributed by atoms with Crippen LogP contribution in [0.15, 0.2) is 103 Å². The molecule has 7 rings (SSSR count). The van der Waals surface area contributed by atoms with Gasteiger partial charge in [0.05, 0.1) is 33.0 Å². The maximum absolute atomic E-state index is 14.3. The van der Waals surface area contributed by atoms with Crippen molar-refractivity contribution in [3.8, 4) is 11.5 Å². The number of nitrogens with zero attached hydrogens (tertiary/aromatic N) is 6. The molecule has 12 nitrogen and oxygen atoms in total. The van der Waals surface area contributed by atoms with E-state index in [-0.39, 0.29) is 25.0 Å². The molecule has 272 valence electrons. The Morgan fingerprint density at radius 1 is 0.774 bits per heavy atom. The number of carbonyl (C=O) groups is 2. The zero-order chi connectivity index (χ0) is 36.7. The number of carbonyl (C=O) groups excluding carboxylic acids is 2. The van der Waals surface area contributed by atoms with Crippen LogP contribution in [0.5, 0.6) is 11.5 Å². The minimum atomic E-state index is -0.256. The molecule has 0 radical (unpaired) electrons. The zero-order valence-corrected chi connectivity index (χ0v) is 30.3. The van der Waals surface area contributed by atoms with Gasteiger partial charge in [-0.05, 0) is 47.5 Å². The minimum absolute atomic E-state index is 0.0639. The van der Waals surface area contributed by atoms with Gasteiger partial charge in [0.1, 0.15) is 17.3 Å². The number of ether oxygens (including phenoxy) is 2. The molecule has 2 aliphatic rings. The number of aromatic nitrogens is 2. The van der Waals surface area contributed by atoms with Gasteiger partial charge in [-0.3, -0.25) is 19.5 Å². The van der Waals surface area contributed by atoms with Crippen molar-refractivity contribution >= 4 is 46.5 Å². The molecule has 1 aromatic heterocycles. The summed E-state index contributed by atoms with van der Waals surface area (Å²) in [4.78, 5) is 44.0. The highest BCUT2D eigenvalue weighted by atomic mass is 16.5. The smallest absolute Gasteiger partial charge is 0.330 e. The quantitative estimate of drug-likeness (QED) is 0.140. The third-order valence-corrected chi connectivity index (χ3v) is 9.54. The molecule has 3 amide bonds. The Morgan fingerprint density at radius 2 is 1.43 bits per heavy atom. The van der Waals surface area contributed by atoms with E-state index in [0.29, 0.717) is 41.1 Å². The van der Waals surface area contributed by atoms with Gasteiger partial charge in [-0.15, -0.1) is 0 Å². The van der Waals surface area contributed by atoms with Crippen molar-refractivity contribution in [1.82, 2.24) is 14.9 Å². The van der Waals surface area contributed by atoms with Gasteiger partial charge < -0.3 is 25.0 Å². The van der Waals surface area contributed by atoms with Crippen molar-refractivity contribution in [1.29, 1.82) is 0 Å². The summed E-state index contributed by atoms with van der Waals surface area (Å²) >= 11 is 0. The largest absolute Gasteiger partial charge is 0.497 e. The number of hydrogen-bond acceptors (Lipinski definition) is 9. The fraction of sp³-hybridized carbons (Fsp3) is 0.268. The van der Waals surface area contributed by atoms with Crippen molar-refractivity contribution in [3.05, 3.63) is 120 Å². The molecule has 0 bridgehead atoms. The molecule has 4 aromatic carbocycles. The summed E-state index contributed by atoms with van der Waals surface area (Å²) in [5, 5.41) is 6.22. The van der Waals surface area contributed by atoms with Gasteiger partial charge in [-0.25, -0.2) is 9.78 Å². The Balaban J connectivity index is 1.09. The second kappa shape index (κ2) is 16.0. The fourth-order valence-electron chi connectivity index (χ4n) is 6.59. The van der Waals surface area contributed by atoms with Gasteiger partial charge in [-0.1, -0.05) is 49.4 Å². The average Bonchev–Trinajstić information content (AvgIpc) is 3.20. The molecule has 5 aromatic rings. The zero-order valence-electron chi connectivity index (χ0n) is 30.3. The first kappa shape index (κ1) is 35.3. The fourth-order valence-corrected chi connectivity index (χ4v) is 6.59. The van der Waals surface area contributed by atoms with E-state index < -0.39 is 0 Å². The summed E-state index contributed by atoms with van der Waals surface area (Å²) in [6.07, 6.45) is 2.15. The average molecular weight is 713 g/mol. The highest BCUT2D eigenvalue weighted by molar-refractivity contribution is 6.05. The van der Waals surface area contributed by atoms with E-state index in [1.54, 1.807) is 48.4 Å². The summed E-state index contributed by atoms with van der Waals surface area (Å²) in [5.74, 6) is 1.98. The number of anilines is 6. The molecule has 0 atom stereocenters. The van der Waals surface area contributed by atoms with Crippen LogP contribution < -0.4 is 34.8 Å². The molecule has 0 saturated carbocycles. The Labute approximate surface area is 310 Å². The molecule has 3 heterocycles. The molecule has 0 aliphatic carbocycles. The molecular formula is C41H44N8O4. The van der Waals surface area contributed by atoms with Crippen molar-refractivity contribution in [3.63, 3.8) is 0 Å². The van der Waals surface area contributed by atoms with Gasteiger partial charge >= 0.3 is 6.03 Å². The Bertz CT molecular complexity index is 2010. The first-order valence-corrected chi connectivity index (χ1v) is 17.8. The maximum atomic E-state index is 14.3. The van der Waals surface area contributed by atoms with Crippen molar-refractivity contribution < 1.29 is 19.1 Å². The summed E-state index contributed by atoms with van der Waals surface area (Å²) in [7, 11) is 3.16. The lowest BCUT2D eigenvalue weighted by molar-refractivity contribution is -0.115. The molecule has 12 heteroatoms. The van der Waals surface area contributed by atoms with Crippen LogP contribution >= 0.6 is 0 Å². The molecule has 0 unspecified atom stereocenters. The van der Waals surface area contributed by atoms with Crippen LogP contribution in [0.3, 0.4) is 0 Å².